The molecule has 1 fully saturated rings. The molecule has 0 saturated carbocycles. The average Bonchev–Trinajstić information content (AvgIpc) is 1.98. The molecule has 9 N–H and O–H groups in total. The monoisotopic (exact) mass is 1210 g/mol. The molecule has 1 saturated heterocycles. The van der Waals surface area contributed by atoms with Crippen LogP contribution < -0.4 is 42.5 Å². The summed E-state index contributed by atoms with van der Waals surface area (Å²) < 4.78 is 4.89. The van der Waals surface area contributed by atoms with Crippen molar-refractivity contribution >= 4 is 117 Å². The number of imide groups is 2. The Balaban J connectivity index is 1.26. The van der Waals surface area contributed by atoms with Gasteiger partial charge in [0.05, 0.1) is 31.6 Å². The van der Waals surface area contributed by atoms with Crippen LogP contribution in [0.3, 0.4) is 0 Å². The number of carbonyl (C=O) groups is 15. The average molecular weight is 1210 g/mol. The Labute approximate surface area is 498 Å². The first-order valence-corrected chi connectivity index (χ1v) is 29.3. The van der Waals surface area contributed by atoms with Crippen molar-refractivity contribution in [3.05, 3.63) is 48.1 Å². The standard InChI is InChI=1S/C56H71N13O16S/c1-6-29(3)48-53(82)58-26-40(71)60-37-28-86-55-33(32-23-31(10-11-34(32)63-55)59-39(70)12-13-42(73)66(19-21-68-43(74)14-15-44(68)75)20-22-69-45(76)16-17-46(69)77)24-35(50(79)57-27-41(72)64-48)61-54(83)49(30(4)7-2)65-52(81)38-9-8-18-67(38)56(84)36(62-51(37)80)25-47(78)85-5/h10-11,14-17,23,29-30,35-38,48-49,63H,6-9,12-13,18-22,24-28H2,1-5H3,(H,57,79)(H,58,82)(H,59,70)(H,60,71)(H,61,83)(H,62,80)(H,64,72)(H,65,81)/t29-,30?,35-,36-,37-,38-,48-,49-/m0/s1. The van der Waals surface area contributed by atoms with Crippen molar-refractivity contribution in [1.82, 2.24) is 61.8 Å². The third-order valence-electron chi connectivity index (χ3n) is 15.6. The molecule has 5 aliphatic rings. The molecule has 462 valence electrons. The van der Waals surface area contributed by atoms with Crippen molar-refractivity contribution in [3.63, 3.8) is 0 Å². The van der Waals surface area contributed by atoms with E-state index in [2.05, 4.69) is 47.5 Å². The van der Waals surface area contributed by atoms with Gasteiger partial charge in [0.25, 0.3) is 23.6 Å². The van der Waals surface area contributed by atoms with Crippen LogP contribution >= 0.6 is 11.8 Å². The summed E-state index contributed by atoms with van der Waals surface area (Å²) in [6.45, 7) is 4.78. The minimum Gasteiger partial charge on any atom is -0.469 e. The molecular weight excluding hydrogens is 1140 g/mol. The van der Waals surface area contributed by atoms with Crippen LogP contribution in [-0.2, 0) is 83.1 Å². The third kappa shape index (κ3) is 16.1. The number of fused-ring (bicyclic) bond motifs is 5. The van der Waals surface area contributed by atoms with Crippen molar-refractivity contribution in [2.45, 2.75) is 120 Å². The van der Waals surface area contributed by atoms with E-state index in [9.17, 15) is 71.9 Å². The smallest absolute Gasteiger partial charge is 0.308 e. The number of methoxy groups -OCH3 is 1. The number of anilines is 1. The number of carbonyl (C=O) groups excluding carboxylic acids is 15. The number of nitrogens with one attached hydrogen (secondary N) is 9. The number of esters is 1. The molecule has 0 aliphatic carbocycles. The molecule has 5 aliphatic heterocycles. The maximum atomic E-state index is 14.8. The van der Waals surface area contributed by atoms with Crippen LogP contribution in [0.25, 0.3) is 10.9 Å². The van der Waals surface area contributed by atoms with Crippen LogP contribution in [0.2, 0.25) is 0 Å². The largest absolute Gasteiger partial charge is 0.469 e. The number of aromatic amines is 1. The predicted octanol–water partition coefficient (Wildman–Crippen LogP) is -2.47. The van der Waals surface area contributed by atoms with Crippen LogP contribution in [0.1, 0.15) is 78.2 Å². The molecule has 6 heterocycles. The zero-order valence-corrected chi connectivity index (χ0v) is 49.0. The molecule has 7 rings (SSSR count). The fourth-order valence-corrected chi connectivity index (χ4v) is 11.4. The first-order chi connectivity index (χ1) is 41.0. The summed E-state index contributed by atoms with van der Waals surface area (Å²) in [5.74, 6) is -12.6. The SMILES string of the molecule is CCC(C)[C@@H]1NC(=O)[C@@H]2CCCN2C(=O)[C@H](CC(=O)OC)NC(=O)[C@@H]2CSc3[nH]c4ccc(NC(=O)CCC(=O)N(CCN5C(=O)C=CC5=O)CCN5C(=O)C=CC5=O)cc4c3C[C@H](NC1=O)C(=O)NCC(=O)N[C@@H]([C@@H](C)CC)C(=O)NCC(=O)N2. The van der Waals surface area contributed by atoms with Crippen molar-refractivity contribution in [1.29, 1.82) is 0 Å². The van der Waals surface area contributed by atoms with Crippen LogP contribution in [0, 0.1) is 11.8 Å². The highest BCUT2D eigenvalue weighted by Crippen LogP contribution is 2.34. The van der Waals surface area contributed by atoms with Crippen LogP contribution in [0.15, 0.2) is 47.5 Å². The second kappa shape index (κ2) is 29.2. The molecule has 29 nitrogen and oxygen atoms in total. The Bertz CT molecular complexity index is 3060. The lowest BCUT2D eigenvalue weighted by Crippen LogP contribution is -2.61. The summed E-state index contributed by atoms with van der Waals surface area (Å²) >= 11 is 0.961. The van der Waals surface area contributed by atoms with Crippen molar-refractivity contribution in [2.75, 3.05) is 64.0 Å². The molecule has 2 aromatic rings. The lowest BCUT2D eigenvalue weighted by Gasteiger charge is -2.32. The minimum absolute atomic E-state index is 0.0288. The molecule has 30 heteroatoms. The maximum Gasteiger partial charge on any atom is 0.308 e. The number of hydrogen-bond acceptors (Lipinski definition) is 17. The third-order valence-corrected chi connectivity index (χ3v) is 16.8. The summed E-state index contributed by atoms with van der Waals surface area (Å²) in [5.41, 5.74) is 0.866. The van der Waals surface area contributed by atoms with Gasteiger partial charge in [-0.3, -0.25) is 81.7 Å². The normalized spacial score (nSPS) is 23.6. The molecule has 0 spiro atoms. The molecule has 1 aromatic heterocycles. The van der Waals surface area contributed by atoms with Gasteiger partial charge in [-0.1, -0.05) is 40.5 Å². The lowest BCUT2D eigenvalue weighted by atomic mass is 9.96. The molecule has 0 radical (unpaired) electrons. The number of amides is 14. The van der Waals surface area contributed by atoms with Crippen LogP contribution in [0.4, 0.5) is 5.69 Å². The summed E-state index contributed by atoms with van der Waals surface area (Å²) in [5, 5.41) is 21.8. The Morgan fingerprint density at radius 3 is 1.90 bits per heavy atom. The fourth-order valence-electron chi connectivity index (χ4n) is 10.3. The number of benzene rings is 1. The van der Waals surface area contributed by atoms with E-state index < -0.39 is 169 Å². The van der Waals surface area contributed by atoms with E-state index in [1.54, 1.807) is 33.8 Å². The number of rotatable bonds is 16. The van der Waals surface area contributed by atoms with Crippen molar-refractivity contribution in [2.24, 2.45) is 11.8 Å². The first kappa shape index (κ1) is 64.6. The van der Waals surface area contributed by atoms with Gasteiger partial charge in [0, 0.05) is 98.6 Å². The second-order valence-electron chi connectivity index (χ2n) is 21.4. The van der Waals surface area contributed by atoms with E-state index in [0.29, 0.717) is 35.7 Å². The maximum absolute atomic E-state index is 14.8. The van der Waals surface area contributed by atoms with Crippen molar-refractivity contribution < 1.29 is 76.7 Å². The van der Waals surface area contributed by atoms with Gasteiger partial charge in [0.15, 0.2) is 0 Å². The Morgan fingerprint density at radius 2 is 1.29 bits per heavy atom. The molecule has 8 atom stereocenters. The number of H-pyrrole nitrogens is 1. The molecular formula is C56H71N13O16S. The van der Waals surface area contributed by atoms with Gasteiger partial charge >= 0.3 is 5.97 Å². The second-order valence-corrected chi connectivity index (χ2v) is 22.4. The van der Waals surface area contributed by atoms with Crippen molar-refractivity contribution in [3.8, 4) is 0 Å². The minimum atomic E-state index is -1.63. The Hall–Kier alpha value is -8.96. The van der Waals surface area contributed by atoms with E-state index >= 15 is 0 Å². The van der Waals surface area contributed by atoms with Gasteiger partial charge in [-0.2, -0.15) is 0 Å². The Kier molecular flexibility index (Phi) is 22.0. The van der Waals surface area contributed by atoms with Gasteiger partial charge < -0.3 is 62.1 Å². The number of ether oxygens (including phenoxy) is 1. The fraction of sp³-hybridized carbons (Fsp3) is 0.518. The zero-order chi connectivity index (χ0) is 62.5. The van der Waals surface area contributed by atoms with Gasteiger partial charge in [-0.25, -0.2) is 0 Å². The van der Waals surface area contributed by atoms with E-state index in [4.69, 9.17) is 4.74 Å². The molecule has 2 bridgehead atoms. The summed E-state index contributed by atoms with van der Waals surface area (Å²) in [6, 6.07) is -3.80. The molecule has 1 unspecified atom stereocenters. The predicted molar refractivity (Wildman–Crippen MR) is 305 cm³/mol. The zero-order valence-electron chi connectivity index (χ0n) is 48.2. The van der Waals surface area contributed by atoms with Gasteiger partial charge in [-0.15, -0.1) is 11.8 Å². The van der Waals surface area contributed by atoms with Gasteiger partial charge in [0.2, 0.25) is 59.1 Å². The van der Waals surface area contributed by atoms with Crippen LogP contribution in [0.5, 0.6) is 0 Å². The number of nitrogens with zero attached hydrogens (tertiary/aromatic N) is 4. The first-order valence-electron chi connectivity index (χ1n) is 28.3. The molecule has 14 amide bonds. The van der Waals surface area contributed by atoms with E-state index in [0.717, 1.165) is 53.0 Å². The topological polar surface area (TPSA) is 390 Å². The lowest BCUT2D eigenvalue weighted by molar-refractivity contribution is -0.148. The summed E-state index contributed by atoms with van der Waals surface area (Å²) in [7, 11) is 1.08. The highest BCUT2D eigenvalue weighted by Gasteiger charge is 2.42. The highest BCUT2D eigenvalue weighted by molar-refractivity contribution is 7.99. The molecule has 86 heavy (non-hydrogen) atoms. The van der Waals surface area contributed by atoms with Crippen LogP contribution in [-0.4, -0.2) is 208 Å². The van der Waals surface area contributed by atoms with E-state index in [-0.39, 0.29) is 62.0 Å². The number of aromatic nitrogens is 1. The number of hydrogen-bond donors (Lipinski definition) is 9. The van der Waals surface area contributed by atoms with Gasteiger partial charge in [-0.05, 0) is 48.4 Å². The highest BCUT2D eigenvalue weighted by atomic mass is 32.2. The quantitative estimate of drug-likeness (QED) is 0.0621. The molecule has 1 aromatic carbocycles. The van der Waals surface area contributed by atoms with E-state index in [1.807, 2.05) is 0 Å². The summed E-state index contributed by atoms with van der Waals surface area (Å²) in [4.78, 5) is 211. The number of thioether (sulfide) groups is 1. The van der Waals surface area contributed by atoms with E-state index in [1.165, 1.54) is 21.9 Å². The summed E-state index contributed by atoms with van der Waals surface area (Å²) in [6.07, 6.45) is 3.65. The van der Waals surface area contributed by atoms with Gasteiger partial charge in [0.1, 0.15) is 36.3 Å². The Morgan fingerprint density at radius 1 is 0.698 bits per heavy atom.